The van der Waals surface area contributed by atoms with Crippen LogP contribution in [0, 0.1) is 0 Å². The molecule has 3 rings (SSSR count). The van der Waals surface area contributed by atoms with Crippen molar-refractivity contribution < 1.29 is 0 Å². The monoisotopic (exact) mass is 308 g/mol. The van der Waals surface area contributed by atoms with Crippen molar-refractivity contribution in [2.45, 2.75) is 26.2 Å². The highest BCUT2D eigenvalue weighted by Gasteiger charge is 2.20. The van der Waals surface area contributed by atoms with Crippen LogP contribution in [0.3, 0.4) is 0 Å². The number of nitrogens with zero attached hydrogens (tertiary/aromatic N) is 5. The van der Waals surface area contributed by atoms with E-state index in [1.54, 1.807) is 0 Å². The summed E-state index contributed by atoms with van der Waals surface area (Å²) in [5.74, 6) is 4.72. The maximum absolute atomic E-state index is 4.73. The van der Waals surface area contributed by atoms with Crippen molar-refractivity contribution in [2.75, 3.05) is 59.3 Å². The summed E-state index contributed by atoms with van der Waals surface area (Å²) in [6.45, 7) is 7.23. The van der Waals surface area contributed by atoms with Crippen LogP contribution in [0.2, 0.25) is 0 Å². The molecule has 7 heteroatoms. The quantitative estimate of drug-likeness (QED) is 0.890. The van der Waals surface area contributed by atoms with Gasteiger partial charge in [0.1, 0.15) is 0 Å². The van der Waals surface area contributed by atoms with Gasteiger partial charge in [-0.2, -0.15) is 26.7 Å². The van der Waals surface area contributed by atoms with Crippen LogP contribution in [0.15, 0.2) is 0 Å². The Bertz CT molecular complexity index is 457. The molecule has 0 spiro atoms. The number of aromatic nitrogens is 3. The maximum Gasteiger partial charge on any atom is 0.232 e. The van der Waals surface area contributed by atoms with E-state index in [4.69, 9.17) is 4.98 Å². The predicted molar refractivity (Wildman–Crippen MR) is 89.6 cm³/mol. The number of nitrogens with one attached hydrogen (secondary N) is 1. The number of anilines is 3. The maximum atomic E-state index is 4.73. The summed E-state index contributed by atoms with van der Waals surface area (Å²) >= 11 is 2.00. The van der Waals surface area contributed by atoms with Crippen molar-refractivity contribution in [1.82, 2.24) is 15.0 Å². The SMILES string of the molecule is CCCNc1nc(N2CCCC2)nc(N2CCSCC2)n1. The first-order chi connectivity index (χ1) is 10.4. The molecule has 1 aromatic heterocycles. The van der Waals surface area contributed by atoms with Gasteiger partial charge in [0, 0.05) is 44.2 Å². The molecule has 2 aliphatic rings. The lowest BCUT2D eigenvalue weighted by molar-refractivity contribution is 0.791. The van der Waals surface area contributed by atoms with Crippen LogP contribution in [0.5, 0.6) is 0 Å². The van der Waals surface area contributed by atoms with Gasteiger partial charge in [-0.25, -0.2) is 0 Å². The van der Waals surface area contributed by atoms with Crippen LogP contribution in [-0.4, -0.2) is 59.2 Å². The van der Waals surface area contributed by atoms with E-state index in [1.165, 1.54) is 12.8 Å². The molecule has 0 amide bonds. The molecule has 3 heterocycles. The third-order valence-corrected chi connectivity index (χ3v) is 4.77. The van der Waals surface area contributed by atoms with Gasteiger partial charge in [0.2, 0.25) is 17.8 Å². The van der Waals surface area contributed by atoms with Crippen LogP contribution >= 0.6 is 11.8 Å². The highest BCUT2D eigenvalue weighted by molar-refractivity contribution is 7.99. The third-order valence-electron chi connectivity index (χ3n) is 3.83. The second-order valence-electron chi connectivity index (χ2n) is 5.48. The predicted octanol–water partition coefficient (Wildman–Crippen LogP) is 1.85. The minimum absolute atomic E-state index is 0.724. The van der Waals surface area contributed by atoms with Gasteiger partial charge in [-0.05, 0) is 19.3 Å². The lowest BCUT2D eigenvalue weighted by Crippen LogP contribution is -2.35. The van der Waals surface area contributed by atoms with Crippen LogP contribution in [0.25, 0.3) is 0 Å². The van der Waals surface area contributed by atoms with E-state index >= 15 is 0 Å². The highest BCUT2D eigenvalue weighted by Crippen LogP contribution is 2.22. The van der Waals surface area contributed by atoms with E-state index in [0.29, 0.717) is 0 Å². The Labute approximate surface area is 130 Å². The first kappa shape index (κ1) is 14.7. The number of hydrogen-bond acceptors (Lipinski definition) is 7. The number of hydrogen-bond donors (Lipinski definition) is 1. The summed E-state index contributed by atoms with van der Waals surface area (Å²) in [5.41, 5.74) is 0. The average molecular weight is 308 g/mol. The van der Waals surface area contributed by atoms with Gasteiger partial charge in [0.15, 0.2) is 0 Å². The van der Waals surface area contributed by atoms with E-state index in [1.807, 2.05) is 11.8 Å². The van der Waals surface area contributed by atoms with E-state index in [9.17, 15) is 0 Å². The van der Waals surface area contributed by atoms with E-state index in [-0.39, 0.29) is 0 Å². The molecule has 0 aliphatic carbocycles. The van der Waals surface area contributed by atoms with Gasteiger partial charge in [0.25, 0.3) is 0 Å². The van der Waals surface area contributed by atoms with E-state index in [0.717, 1.165) is 68.5 Å². The van der Waals surface area contributed by atoms with Gasteiger partial charge >= 0.3 is 0 Å². The summed E-state index contributed by atoms with van der Waals surface area (Å²) in [4.78, 5) is 18.5. The first-order valence-corrected chi connectivity index (χ1v) is 9.10. The molecular weight excluding hydrogens is 284 g/mol. The fourth-order valence-corrected chi connectivity index (χ4v) is 3.54. The fraction of sp³-hybridized carbons (Fsp3) is 0.786. The number of thioether (sulfide) groups is 1. The summed E-state index contributed by atoms with van der Waals surface area (Å²) in [6.07, 6.45) is 3.54. The summed E-state index contributed by atoms with van der Waals surface area (Å²) in [5, 5.41) is 3.32. The molecule has 0 aromatic carbocycles. The normalized spacial score (nSPS) is 19.1. The summed E-state index contributed by atoms with van der Waals surface area (Å²) in [7, 11) is 0. The zero-order valence-electron chi connectivity index (χ0n) is 12.7. The second kappa shape index (κ2) is 7.15. The van der Waals surface area contributed by atoms with Crippen LogP contribution in [0.4, 0.5) is 17.8 Å². The van der Waals surface area contributed by atoms with Crippen molar-refractivity contribution >= 4 is 29.6 Å². The lowest BCUT2D eigenvalue weighted by Gasteiger charge is -2.27. The highest BCUT2D eigenvalue weighted by atomic mass is 32.2. The molecule has 1 aromatic rings. The van der Waals surface area contributed by atoms with Crippen molar-refractivity contribution in [3.05, 3.63) is 0 Å². The van der Waals surface area contributed by atoms with Crippen molar-refractivity contribution in [3.63, 3.8) is 0 Å². The molecule has 1 N–H and O–H groups in total. The Balaban J connectivity index is 1.84. The Morgan fingerprint density at radius 3 is 2.19 bits per heavy atom. The van der Waals surface area contributed by atoms with Crippen LogP contribution < -0.4 is 15.1 Å². The largest absolute Gasteiger partial charge is 0.354 e. The summed E-state index contributed by atoms with van der Waals surface area (Å²) in [6, 6.07) is 0. The van der Waals surface area contributed by atoms with Gasteiger partial charge in [-0.15, -0.1) is 0 Å². The molecule has 2 saturated heterocycles. The smallest absolute Gasteiger partial charge is 0.232 e. The van der Waals surface area contributed by atoms with Crippen molar-refractivity contribution in [3.8, 4) is 0 Å². The van der Waals surface area contributed by atoms with Crippen molar-refractivity contribution in [2.24, 2.45) is 0 Å². The molecule has 21 heavy (non-hydrogen) atoms. The van der Waals surface area contributed by atoms with Gasteiger partial charge < -0.3 is 15.1 Å². The average Bonchev–Trinajstić information content (AvgIpc) is 3.08. The molecule has 0 atom stereocenters. The van der Waals surface area contributed by atoms with E-state index < -0.39 is 0 Å². The molecule has 0 unspecified atom stereocenters. The van der Waals surface area contributed by atoms with Crippen LogP contribution in [-0.2, 0) is 0 Å². The Morgan fingerprint density at radius 1 is 0.952 bits per heavy atom. The minimum atomic E-state index is 0.724. The second-order valence-corrected chi connectivity index (χ2v) is 6.70. The molecular formula is C14H24N6S. The molecule has 0 bridgehead atoms. The third kappa shape index (κ3) is 3.70. The molecule has 116 valence electrons. The molecule has 2 aliphatic heterocycles. The Morgan fingerprint density at radius 2 is 1.57 bits per heavy atom. The first-order valence-electron chi connectivity index (χ1n) is 7.94. The summed E-state index contributed by atoms with van der Waals surface area (Å²) < 4.78 is 0. The fourth-order valence-electron chi connectivity index (χ4n) is 2.63. The molecule has 0 saturated carbocycles. The molecule has 2 fully saturated rings. The molecule has 0 radical (unpaired) electrons. The topological polar surface area (TPSA) is 57.2 Å². The Hall–Kier alpha value is -1.24. The van der Waals surface area contributed by atoms with Gasteiger partial charge in [0.05, 0.1) is 0 Å². The van der Waals surface area contributed by atoms with Crippen LogP contribution in [0.1, 0.15) is 26.2 Å². The number of rotatable bonds is 5. The van der Waals surface area contributed by atoms with E-state index in [2.05, 4.69) is 32.0 Å². The van der Waals surface area contributed by atoms with Gasteiger partial charge in [-0.1, -0.05) is 6.92 Å². The Kier molecular flexibility index (Phi) is 5.00. The van der Waals surface area contributed by atoms with Crippen molar-refractivity contribution in [1.29, 1.82) is 0 Å². The zero-order chi connectivity index (χ0) is 14.5. The zero-order valence-corrected chi connectivity index (χ0v) is 13.5. The standard InChI is InChI=1S/C14H24N6S/c1-2-5-15-12-16-13(19-6-3-4-7-19)18-14(17-12)20-8-10-21-11-9-20/h2-11H2,1H3,(H,15,16,17,18). The lowest BCUT2D eigenvalue weighted by atomic mass is 10.4. The minimum Gasteiger partial charge on any atom is -0.354 e. The molecule has 6 nitrogen and oxygen atoms in total. The van der Waals surface area contributed by atoms with Gasteiger partial charge in [-0.3, -0.25) is 0 Å².